The van der Waals surface area contributed by atoms with Crippen molar-refractivity contribution >= 4 is 16.3 Å². The third kappa shape index (κ3) is 5.96. The Labute approximate surface area is 319 Å². The molecule has 0 aliphatic carbocycles. The number of hydrogen-bond acceptors (Lipinski definition) is 3. The smallest absolute Gasteiger partial charge is 0.160 e. The topological polar surface area (TPSA) is 43.1 Å². The number of nitrogens with zero attached hydrogens (tertiary/aromatic N) is 4. The lowest BCUT2D eigenvalue weighted by atomic mass is 9.92. The van der Waals surface area contributed by atoms with E-state index in [0.717, 1.165) is 89.1 Å². The standard InChI is InChI=1S/C51H34N4/c1-6-18-35(19-7-1)44-34-45(53-51(52-44)39-26-14-5-15-27-39)41-29-16-28-40(32-41)43-31-17-30-42-33-46(36-20-8-2-9-21-36)55-50(47(42)43)48(37-22-10-3-11-23-37)49(54-55)38-24-12-4-13-25-38/h1-34H. The van der Waals surface area contributed by atoms with Gasteiger partial charge in [0.15, 0.2) is 5.82 Å². The van der Waals surface area contributed by atoms with Crippen LogP contribution in [-0.4, -0.2) is 19.6 Å². The number of hydrogen-bond donors (Lipinski definition) is 0. The van der Waals surface area contributed by atoms with Crippen LogP contribution in [0.2, 0.25) is 0 Å². The molecule has 0 radical (unpaired) electrons. The molecule has 3 heterocycles. The molecular formula is C51H34N4. The monoisotopic (exact) mass is 702 g/mol. The molecule has 0 bridgehead atoms. The highest BCUT2D eigenvalue weighted by Crippen LogP contribution is 2.44. The van der Waals surface area contributed by atoms with Gasteiger partial charge >= 0.3 is 0 Å². The Hall–Kier alpha value is -7.43. The van der Waals surface area contributed by atoms with Gasteiger partial charge in [-0.25, -0.2) is 14.5 Å². The van der Waals surface area contributed by atoms with Crippen LogP contribution in [0, 0.1) is 0 Å². The fourth-order valence-electron chi connectivity index (χ4n) is 7.63. The molecule has 0 fully saturated rings. The lowest BCUT2D eigenvalue weighted by Gasteiger charge is -2.15. The quantitative estimate of drug-likeness (QED) is 0.166. The van der Waals surface area contributed by atoms with Crippen LogP contribution in [0.5, 0.6) is 0 Å². The Kier molecular flexibility index (Phi) is 8.12. The summed E-state index contributed by atoms with van der Waals surface area (Å²) < 4.78 is 2.17. The maximum absolute atomic E-state index is 5.46. The summed E-state index contributed by atoms with van der Waals surface area (Å²) in [4.78, 5) is 10.2. The third-order valence-corrected chi connectivity index (χ3v) is 10.2. The van der Waals surface area contributed by atoms with E-state index in [2.05, 4.69) is 174 Å². The minimum absolute atomic E-state index is 0.697. The molecule has 10 aromatic rings. The van der Waals surface area contributed by atoms with Crippen LogP contribution in [-0.2, 0) is 0 Å². The fourth-order valence-corrected chi connectivity index (χ4v) is 7.63. The van der Waals surface area contributed by atoms with Gasteiger partial charge in [-0.05, 0) is 40.3 Å². The molecule has 10 rings (SSSR count). The molecule has 0 spiro atoms. The molecule has 0 saturated heterocycles. The zero-order chi connectivity index (χ0) is 36.6. The molecule has 3 aromatic heterocycles. The van der Waals surface area contributed by atoms with Gasteiger partial charge in [-0.2, -0.15) is 5.10 Å². The molecule has 0 atom stereocenters. The van der Waals surface area contributed by atoms with Crippen LogP contribution in [0.25, 0.3) is 95.0 Å². The van der Waals surface area contributed by atoms with Crippen molar-refractivity contribution in [2.75, 3.05) is 0 Å². The van der Waals surface area contributed by atoms with Crippen LogP contribution < -0.4 is 0 Å². The summed E-state index contributed by atoms with van der Waals surface area (Å²) in [6.07, 6.45) is 0. The Balaban J connectivity index is 1.24. The van der Waals surface area contributed by atoms with Gasteiger partial charge in [-0.3, -0.25) is 0 Å². The second-order valence-electron chi connectivity index (χ2n) is 13.7. The first-order valence-corrected chi connectivity index (χ1v) is 18.5. The van der Waals surface area contributed by atoms with Gasteiger partial charge in [0.2, 0.25) is 0 Å². The van der Waals surface area contributed by atoms with Crippen molar-refractivity contribution < 1.29 is 0 Å². The molecule has 258 valence electrons. The van der Waals surface area contributed by atoms with E-state index in [9.17, 15) is 0 Å². The van der Waals surface area contributed by atoms with Crippen LogP contribution in [0.15, 0.2) is 206 Å². The van der Waals surface area contributed by atoms with Gasteiger partial charge in [0.25, 0.3) is 0 Å². The summed E-state index contributed by atoms with van der Waals surface area (Å²) >= 11 is 0. The number of aromatic nitrogens is 4. The lowest BCUT2D eigenvalue weighted by Crippen LogP contribution is -1.97. The van der Waals surface area contributed by atoms with Crippen molar-refractivity contribution in [3.63, 3.8) is 0 Å². The molecule has 0 unspecified atom stereocenters. The predicted molar refractivity (Wildman–Crippen MR) is 226 cm³/mol. The van der Waals surface area contributed by atoms with Crippen LogP contribution in [0.1, 0.15) is 0 Å². The predicted octanol–water partition coefficient (Wildman–Crippen LogP) is 12.9. The second-order valence-corrected chi connectivity index (χ2v) is 13.7. The maximum Gasteiger partial charge on any atom is 0.160 e. The van der Waals surface area contributed by atoms with E-state index in [1.54, 1.807) is 0 Å². The summed E-state index contributed by atoms with van der Waals surface area (Å²) in [6, 6.07) is 72.0. The minimum atomic E-state index is 0.697. The normalized spacial score (nSPS) is 11.3. The van der Waals surface area contributed by atoms with Crippen LogP contribution in [0.3, 0.4) is 0 Å². The van der Waals surface area contributed by atoms with Crippen molar-refractivity contribution in [1.29, 1.82) is 0 Å². The third-order valence-electron chi connectivity index (χ3n) is 10.2. The maximum atomic E-state index is 5.46. The highest BCUT2D eigenvalue weighted by molar-refractivity contribution is 6.14. The van der Waals surface area contributed by atoms with Gasteiger partial charge in [0.1, 0.15) is 5.69 Å². The molecule has 0 aliphatic heterocycles. The molecule has 4 heteroatoms. The Morgan fingerprint density at radius 1 is 0.364 bits per heavy atom. The summed E-state index contributed by atoms with van der Waals surface area (Å²) in [5.41, 5.74) is 14.5. The van der Waals surface area contributed by atoms with Crippen molar-refractivity contribution in [3.05, 3.63) is 206 Å². The van der Waals surface area contributed by atoms with Crippen molar-refractivity contribution in [2.45, 2.75) is 0 Å². The fraction of sp³-hybridized carbons (Fsp3) is 0. The Morgan fingerprint density at radius 3 is 1.53 bits per heavy atom. The summed E-state index contributed by atoms with van der Waals surface area (Å²) in [5, 5.41) is 7.75. The number of benzene rings is 7. The van der Waals surface area contributed by atoms with Gasteiger partial charge < -0.3 is 0 Å². The number of pyridine rings is 1. The number of fused-ring (bicyclic) bond motifs is 3. The average molecular weight is 703 g/mol. The minimum Gasteiger partial charge on any atom is -0.231 e. The number of rotatable bonds is 7. The van der Waals surface area contributed by atoms with E-state index in [-0.39, 0.29) is 0 Å². The molecular weight excluding hydrogens is 669 g/mol. The Bertz CT molecular complexity index is 2880. The molecule has 0 N–H and O–H groups in total. The zero-order valence-electron chi connectivity index (χ0n) is 29.9. The molecule has 0 amide bonds. The molecule has 0 saturated carbocycles. The van der Waals surface area contributed by atoms with E-state index < -0.39 is 0 Å². The van der Waals surface area contributed by atoms with Gasteiger partial charge in [0, 0.05) is 38.8 Å². The zero-order valence-corrected chi connectivity index (χ0v) is 29.9. The molecule has 7 aromatic carbocycles. The summed E-state index contributed by atoms with van der Waals surface area (Å²) in [6.45, 7) is 0. The first-order valence-electron chi connectivity index (χ1n) is 18.5. The van der Waals surface area contributed by atoms with Crippen molar-refractivity contribution in [3.8, 4) is 78.7 Å². The van der Waals surface area contributed by atoms with Gasteiger partial charge in [-0.1, -0.05) is 188 Å². The highest BCUT2D eigenvalue weighted by Gasteiger charge is 2.23. The van der Waals surface area contributed by atoms with E-state index in [1.165, 1.54) is 0 Å². The van der Waals surface area contributed by atoms with Crippen LogP contribution in [0.4, 0.5) is 0 Å². The highest BCUT2D eigenvalue weighted by atomic mass is 15.2. The van der Waals surface area contributed by atoms with E-state index >= 15 is 0 Å². The molecule has 55 heavy (non-hydrogen) atoms. The van der Waals surface area contributed by atoms with Gasteiger partial charge in [-0.15, -0.1) is 0 Å². The Morgan fingerprint density at radius 2 is 0.873 bits per heavy atom. The summed E-state index contributed by atoms with van der Waals surface area (Å²) in [5.74, 6) is 0.697. The SMILES string of the molecule is c1ccc(-c2cc(-c3cccc(-c4cccc5cc(-c6ccccc6)n6nc(-c7ccccc7)c(-c7ccccc7)c6c45)c3)nc(-c3ccccc3)n2)cc1. The largest absolute Gasteiger partial charge is 0.231 e. The lowest BCUT2D eigenvalue weighted by molar-refractivity contribution is 0.980. The summed E-state index contributed by atoms with van der Waals surface area (Å²) in [7, 11) is 0. The molecule has 4 nitrogen and oxygen atoms in total. The first kappa shape index (κ1) is 32.2. The first-order chi connectivity index (χ1) is 27.3. The van der Waals surface area contributed by atoms with Gasteiger partial charge in [0.05, 0.1) is 22.6 Å². The van der Waals surface area contributed by atoms with Crippen molar-refractivity contribution in [1.82, 2.24) is 19.6 Å². The second kappa shape index (κ2) is 13.8. The van der Waals surface area contributed by atoms with E-state index in [0.29, 0.717) is 5.82 Å². The van der Waals surface area contributed by atoms with E-state index in [1.807, 2.05) is 36.4 Å². The van der Waals surface area contributed by atoms with Crippen LogP contribution >= 0.6 is 0 Å². The van der Waals surface area contributed by atoms with Crippen molar-refractivity contribution in [2.24, 2.45) is 0 Å². The van der Waals surface area contributed by atoms with E-state index in [4.69, 9.17) is 15.1 Å². The molecule has 0 aliphatic rings. The average Bonchev–Trinajstić information content (AvgIpc) is 3.68.